The molecule has 3 aromatic rings. The molecule has 0 spiro atoms. The van der Waals surface area contributed by atoms with E-state index in [2.05, 4.69) is 15.4 Å². The number of anilines is 1. The predicted octanol–water partition coefficient (Wildman–Crippen LogP) is 1.22. The number of aliphatic hydroxyl groups excluding tert-OH is 2. The summed E-state index contributed by atoms with van der Waals surface area (Å²) in [6, 6.07) is 4.85. The fraction of sp³-hybridized carbons (Fsp3) is 0.350. The second-order valence-corrected chi connectivity index (χ2v) is 7.70. The third kappa shape index (κ3) is 4.27. The van der Waals surface area contributed by atoms with E-state index in [1.165, 1.54) is 22.8 Å². The van der Waals surface area contributed by atoms with Crippen LogP contribution in [0, 0.1) is 5.82 Å². The lowest BCUT2D eigenvalue weighted by molar-refractivity contribution is 0.0926. The van der Waals surface area contributed by atoms with E-state index >= 15 is 0 Å². The number of nitrogens with one attached hydrogen (secondary N) is 1. The van der Waals surface area contributed by atoms with Crippen molar-refractivity contribution in [2.45, 2.75) is 24.7 Å². The number of halogens is 2. The summed E-state index contributed by atoms with van der Waals surface area (Å²) in [5, 5.41) is 36.7. The van der Waals surface area contributed by atoms with E-state index in [1.54, 1.807) is 17.2 Å². The molecule has 1 aliphatic rings. The highest BCUT2D eigenvalue weighted by Crippen LogP contribution is 2.39. The number of carbonyl (C=O) groups is 1. The summed E-state index contributed by atoms with van der Waals surface area (Å²) in [6.07, 6.45) is 1.70. The molecule has 0 bridgehead atoms. The van der Waals surface area contributed by atoms with Crippen LogP contribution in [-0.4, -0.2) is 67.0 Å². The van der Waals surface area contributed by atoms with Crippen molar-refractivity contribution in [1.29, 1.82) is 0 Å². The first-order chi connectivity index (χ1) is 14.9. The van der Waals surface area contributed by atoms with Gasteiger partial charge in [0.1, 0.15) is 22.9 Å². The SMILES string of the molecule is O=C(NCC(O)CCl)c1cnn2ccc(N3CC(O)C[C@@H]3c3cc(F)ccc3O)nc12. The molecule has 3 heterocycles. The number of hydrogen-bond donors (Lipinski definition) is 4. The van der Waals surface area contributed by atoms with E-state index in [9.17, 15) is 24.5 Å². The topological polar surface area (TPSA) is 123 Å². The Hall–Kier alpha value is -2.95. The van der Waals surface area contributed by atoms with Gasteiger partial charge in [-0.25, -0.2) is 13.9 Å². The zero-order valence-electron chi connectivity index (χ0n) is 16.3. The number of nitrogens with zero attached hydrogens (tertiary/aromatic N) is 4. The Morgan fingerprint density at radius 1 is 1.39 bits per heavy atom. The number of rotatable bonds is 6. The highest BCUT2D eigenvalue weighted by Gasteiger charge is 2.35. The number of amides is 1. The highest BCUT2D eigenvalue weighted by molar-refractivity contribution is 6.18. The zero-order valence-corrected chi connectivity index (χ0v) is 17.1. The van der Waals surface area contributed by atoms with Crippen molar-refractivity contribution in [2.75, 3.05) is 23.9 Å². The Morgan fingerprint density at radius 2 is 2.19 bits per heavy atom. The van der Waals surface area contributed by atoms with Gasteiger partial charge in [-0.15, -0.1) is 11.6 Å². The number of aromatic hydroxyl groups is 1. The molecule has 2 unspecified atom stereocenters. The van der Waals surface area contributed by atoms with Crippen LogP contribution in [0.3, 0.4) is 0 Å². The molecule has 164 valence electrons. The van der Waals surface area contributed by atoms with E-state index in [0.717, 1.165) is 6.07 Å². The molecule has 1 aromatic carbocycles. The van der Waals surface area contributed by atoms with E-state index in [0.29, 0.717) is 11.4 Å². The summed E-state index contributed by atoms with van der Waals surface area (Å²) < 4.78 is 15.2. The summed E-state index contributed by atoms with van der Waals surface area (Å²) in [5.41, 5.74) is 0.826. The maximum absolute atomic E-state index is 13.8. The smallest absolute Gasteiger partial charge is 0.256 e. The molecule has 1 aliphatic heterocycles. The maximum Gasteiger partial charge on any atom is 0.256 e. The Labute approximate surface area is 181 Å². The van der Waals surface area contributed by atoms with Crippen molar-refractivity contribution in [3.8, 4) is 5.75 Å². The summed E-state index contributed by atoms with van der Waals surface area (Å²) in [7, 11) is 0. The van der Waals surface area contributed by atoms with Crippen LogP contribution in [0.2, 0.25) is 0 Å². The molecule has 3 atom stereocenters. The summed E-state index contributed by atoms with van der Waals surface area (Å²) in [5.74, 6) is -0.610. The van der Waals surface area contributed by atoms with Gasteiger partial charge in [-0.05, 0) is 30.7 Å². The van der Waals surface area contributed by atoms with Gasteiger partial charge in [0.25, 0.3) is 5.91 Å². The summed E-state index contributed by atoms with van der Waals surface area (Å²) in [4.78, 5) is 18.8. The van der Waals surface area contributed by atoms with Crippen molar-refractivity contribution in [1.82, 2.24) is 19.9 Å². The normalized spacial score (nSPS) is 19.7. The zero-order chi connectivity index (χ0) is 22.1. The number of aromatic nitrogens is 3. The van der Waals surface area contributed by atoms with Gasteiger partial charge in [-0.2, -0.15) is 5.10 Å². The minimum atomic E-state index is -0.873. The van der Waals surface area contributed by atoms with E-state index in [1.807, 2.05) is 0 Å². The lowest BCUT2D eigenvalue weighted by Gasteiger charge is -2.26. The van der Waals surface area contributed by atoms with Gasteiger partial charge in [0.15, 0.2) is 5.65 Å². The molecular weight excluding hydrogens is 429 g/mol. The van der Waals surface area contributed by atoms with E-state index < -0.39 is 30.0 Å². The number of hydrogen-bond acceptors (Lipinski definition) is 7. The second-order valence-electron chi connectivity index (χ2n) is 7.39. The Balaban J connectivity index is 1.67. The van der Waals surface area contributed by atoms with Crippen LogP contribution in [0.25, 0.3) is 5.65 Å². The molecule has 2 aromatic heterocycles. The molecule has 0 aliphatic carbocycles. The monoisotopic (exact) mass is 449 g/mol. The third-order valence-electron chi connectivity index (χ3n) is 5.20. The number of β-amino-alcohol motifs (C(OH)–C–C–N with tert-alkyl or cyclic N) is 1. The van der Waals surface area contributed by atoms with Crippen molar-refractivity contribution in [2.24, 2.45) is 0 Å². The van der Waals surface area contributed by atoms with Gasteiger partial charge in [-0.1, -0.05) is 0 Å². The highest BCUT2D eigenvalue weighted by atomic mass is 35.5. The number of phenols is 1. The lowest BCUT2D eigenvalue weighted by atomic mass is 10.0. The van der Waals surface area contributed by atoms with Crippen LogP contribution in [-0.2, 0) is 0 Å². The lowest BCUT2D eigenvalue weighted by Crippen LogP contribution is -2.33. The quantitative estimate of drug-likeness (QED) is 0.417. The van der Waals surface area contributed by atoms with Crippen LogP contribution in [0.5, 0.6) is 5.75 Å². The molecule has 0 radical (unpaired) electrons. The van der Waals surface area contributed by atoms with Crippen LogP contribution >= 0.6 is 11.6 Å². The van der Waals surface area contributed by atoms with E-state index in [-0.39, 0.29) is 42.4 Å². The number of fused-ring (bicyclic) bond motifs is 1. The molecule has 9 nitrogen and oxygen atoms in total. The predicted molar refractivity (Wildman–Crippen MR) is 111 cm³/mol. The molecule has 4 N–H and O–H groups in total. The fourth-order valence-electron chi connectivity index (χ4n) is 3.69. The Morgan fingerprint density at radius 3 is 2.97 bits per heavy atom. The fourth-order valence-corrected chi connectivity index (χ4v) is 3.80. The molecule has 1 amide bonds. The summed E-state index contributed by atoms with van der Waals surface area (Å²) in [6.45, 7) is 0.208. The van der Waals surface area contributed by atoms with Gasteiger partial charge in [0.2, 0.25) is 0 Å². The Kier molecular flexibility index (Phi) is 5.94. The molecule has 0 saturated carbocycles. The van der Waals surface area contributed by atoms with Gasteiger partial charge < -0.3 is 25.5 Å². The van der Waals surface area contributed by atoms with Crippen LogP contribution in [0.1, 0.15) is 28.4 Å². The second kappa shape index (κ2) is 8.66. The van der Waals surface area contributed by atoms with Gasteiger partial charge >= 0.3 is 0 Å². The molecule has 1 saturated heterocycles. The number of aliphatic hydroxyl groups is 2. The average Bonchev–Trinajstić information content (AvgIpc) is 3.36. The Bertz CT molecular complexity index is 1110. The molecule has 1 fully saturated rings. The summed E-state index contributed by atoms with van der Waals surface area (Å²) >= 11 is 5.55. The number of alkyl halides is 1. The van der Waals surface area contributed by atoms with Crippen LogP contribution in [0.4, 0.5) is 10.2 Å². The standard InChI is InChI=1S/C20H21ClFN5O4/c21-7-13(29)8-23-20(31)15-9-24-27-4-3-18(25-19(15)27)26-10-12(28)6-16(26)14-5-11(22)1-2-17(14)30/h1-5,9,12-13,16,28-30H,6-8,10H2,(H,23,31)/t12?,13?,16-/m1/s1. The molecular formula is C20H21ClFN5O4. The van der Waals surface area contributed by atoms with Crippen molar-refractivity contribution in [3.05, 3.63) is 53.6 Å². The first kappa shape index (κ1) is 21.3. The largest absolute Gasteiger partial charge is 0.508 e. The van der Waals surface area contributed by atoms with Gasteiger partial charge in [0, 0.05) is 24.8 Å². The first-order valence-corrected chi connectivity index (χ1v) is 10.2. The van der Waals surface area contributed by atoms with Crippen molar-refractivity contribution >= 4 is 29.0 Å². The van der Waals surface area contributed by atoms with Gasteiger partial charge in [-0.3, -0.25) is 4.79 Å². The van der Waals surface area contributed by atoms with Crippen molar-refractivity contribution < 1.29 is 24.5 Å². The average molecular weight is 450 g/mol. The number of benzene rings is 1. The molecule has 31 heavy (non-hydrogen) atoms. The minimum absolute atomic E-state index is 0.0109. The van der Waals surface area contributed by atoms with Crippen LogP contribution < -0.4 is 10.2 Å². The molecule has 11 heteroatoms. The number of carbonyl (C=O) groups excluding carboxylic acids is 1. The van der Waals surface area contributed by atoms with E-state index in [4.69, 9.17) is 11.6 Å². The first-order valence-electron chi connectivity index (χ1n) is 9.67. The number of phenolic OH excluding ortho intramolecular Hbond substituents is 1. The minimum Gasteiger partial charge on any atom is -0.508 e. The van der Waals surface area contributed by atoms with Crippen LogP contribution in [0.15, 0.2) is 36.7 Å². The van der Waals surface area contributed by atoms with Gasteiger partial charge in [0.05, 0.1) is 30.3 Å². The molecule has 4 rings (SSSR count). The third-order valence-corrected chi connectivity index (χ3v) is 5.55. The van der Waals surface area contributed by atoms with Crippen molar-refractivity contribution in [3.63, 3.8) is 0 Å². The maximum atomic E-state index is 13.8.